The third-order valence-electron chi connectivity index (χ3n) is 5.29. The first-order valence-electron chi connectivity index (χ1n) is 9.43. The predicted molar refractivity (Wildman–Crippen MR) is 106 cm³/mol. The van der Waals surface area contributed by atoms with Crippen LogP contribution in [0.5, 0.6) is 0 Å². The molecule has 0 aliphatic carbocycles. The maximum Gasteiger partial charge on any atom is 0.254 e. The second-order valence-corrected chi connectivity index (χ2v) is 9.07. The van der Waals surface area contributed by atoms with Crippen molar-refractivity contribution in [2.45, 2.75) is 37.1 Å². The van der Waals surface area contributed by atoms with Crippen LogP contribution in [0.25, 0.3) is 0 Å². The van der Waals surface area contributed by atoms with Crippen LogP contribution in [0.1, 0.15) is 48.1 Å². The van der Waals surface area contributed by atoms with Crippen molar-refractivity contribution in [3.05, 3.63) is 65.5 Å². The van der Waals surface area contributed by atoms with Crippen molar-refractivity contribution in [2.75, 3.05) is 20.1 Å². The van der Waals surface area contributed by atoms with E-state index in [1.54, 1.807) is 31.3 Å². The zero-order chi connectivity index (χ0) is 20.3. The van der Waals surface area contributed by atoms with Gasteiger partial charge in [-0.25, -0.2) is 12.8 Å². The third-order valence-corrected chi connectivity index (χ3v) is 7.18. The lowest BCUT2D eigenvalue weighted by atomic mass is 10.1. The Morgan fingerprint density at radius 1 is 1.07 bits per heavy atom. The van der Waals surface area contributed by atoms with Crippen molar-refractivity contribution in [2.24, 2.45) is 0 Å². The van der Waals surface area contributed by atoms with Gasteiger partial charge in [-0.05, 0) is 55.7 Å². The summed E-state index contributed by atoms with van der Waals surface area (Å²) in [7, 11) is -1.95. The number of amides is 1. The van der Waals surface area contributed by atoms with Gasteiger partial charge in [0, 0.05) is 25.7 Å². The molecule has 3 rings (SSSR count). The van der Waals surface area contributed by atoms with E-state index in [1.807, 2.05) is 6.92 Å². The molecule has 7 heteroatoms. The normalized spacial score (nSPS) is 16.5. The zero-order valence-corrected chi connectivity index (χ0v) is 17.0. The van der Waals surface area contributed by atoms with E-state index in [0.717, 1.165) is 24.8 Å². The Morgan fingerprint density at radius 3 is 2.36 bits per heavy atom. The molecule has 1 saturated heterocycles. The Labute approximate surface area is 165 Å². The number of benzene rings is 2. The molecule has 0 saturated carbocycles. The Balaban J connectivity index is 1.82. The van der Waals surface area contributed by atoms with Crippen molar-refractivity contribution >= 4 is 15.9 Å². The zero-order valence-electron chi connectivity index (χ0n) is 16.1. The first kappa shape index (κ1) is 20.5. The molecule has 0 radical (unpaired) electrons. The van der Waals surface area contributed by atoms with Gasteiger partial charge in [0.2, 0.25) is 10.0 Å². The monoisotopic (exact) mass is 404 g/mol. The van der Waals surface area contributed by atoms with E-state index in [0.29, 0.717) is 18.7 Å². The smallest absolute Gasteiger partial charge is 0.254 e. The highest BCUT2D eigenvalue weighted by molar-refractivity contribution is 7.89. The fourth-order valence-corrected chi connectivity index (χ4v) is 4.95. The molecule has 1 amide bonds. The van der Waals surface area contributed by atoms with Crippen molar-refractivity contribution in [3.8, 4) is 0 Å². The van der Waals surface area contributed by atoms with Crippen molar-refractivity contribution < 1.29 is 17.6 Å². The van der Waals surface area contributed by atoms with Crippen LogP contribution in [-0.4, -0.2) is 43.7 Å². The van der Waals surface area contributed by atoms with Gasteiger partial charge in [-0.2, -0.15) is 4.31 Å². The van der Waals surface area contributed by atoms with Gasteiger partial charge in [-0.15, -0.1) is 0 Å². The Kier molecular flexibility index (Phi) is 6.15. The number of carbonyl (C=O) groups excluding carboxylic acids is 1. The van der Waals surface area contributed by atoms with Gasteiger partial charge in [-0.3, -0.25) is 4.79 Å². The maximum atomic E-state index is 13.1. The molecule has 0 spiro atoms. The van der Waals surface area contributed by atoms with Crippen LogP contribution < -0.4 is 0 Å². The minimum atomic E-state index is -3.60. The maximum absolute atomic E-state index is 13.1. The van der Waals surface area contributed by atoms with Gasteiger partial charge >= 0.3 is 0 Å². The molecular formula is C21H25FN2O3S. The lowest BCUT2D eigenvalue weighted by molar-refractivity contribution is 0.0742. The number of carbonyl (C=O) groups is 1. The van der Waals surface area contributed by atoms with Crippen LogP contribution in [0.15, 0.2) is 53.4 Å². The van der Waals surface area contributed by atoms with Gasteiger partial charge in [0.25, 0.3) is 5.91 Å². The molecule has 1 aliphatic rings. The quantitative estimate of drug-likeness (QED) is 0.761. The first-order chi connectivity index (χ1) is 13.3. The molecule has 2 aromatic carbocycles. The topological polar surface area (TPSA) is 57.7 Å². The average molecular weight is 405 g/mol. The van der Waals surface area contributed by atoms with Gasteiger partial charge in [0.05, 0.1) is 10.9 Å². The number of sulfonamides is 1. The number of halogens is 1. The molecule has 0 aromatic heterocycles. The number of hydrogen-bond donors (Lipinski definition) is 0. The van der Waals surface area contributed by atoms with Crippen LogP contribution in [0.3, 0.4) is 0 Å². The minimum absolute atomic E-state index is 0.142. The van der Waals surface area contributed by atoms with Gasteiger partial charge in [-0.1, -0.05) is 24.6 Å². The largest absolute Gasteiger partial charge is 0.335 e. The summed E-state index contributed by atoms with van der Waals surface area (Å²) in [5.74, 6) is -0.618. The predicted octanol–water partition coefficient (Wildman–Crippen LogP) is 3.83. The van der Waals surface area contributed by atoms with E-state index in [-0.39, 0.29) is 22.7 Å². The number of hydrogen-bond acceptors (Lipinski definition) is 3. The van der Waals surface area contributed by atoms with Gasteiger partial charge in [0.1, 0.15) is 5.82 Å². The fraction of sp³-hybridized carbons (Fsp3) is 0.381. The van der Waals surface area contributed by atoms with E-state index >= 15 is 0 Å². The Bertz CT molecular complexity index is 938. The summed E-state index contributed by atoms with van der Waals surface area (Å²) in [5.41, 5.74) is 1.11. The first-order valence-corrected chi connectivity index (χ1v) is 10.9. The van der Waals surface area contributed by atoms with E-state index in [4.69, 9.17) is 0 Å². The third kappa shape index (κ3) is 4.25. The summed E-state index contributed by atoms with van der Waals surface area (Å²) in [6, 6.07) is 11.9. The fourth-order valence-electron chi connectivity index (χ4n) is 3.39. The Hall–Kier alpha value is -2.25. The van der Waals surface area contributed by atoms with E-state index in [2.05, 4.69) is 0 Å². The molecule has 2 aromatic rings. The molecule has 150 valence electrons. The van der Waals surface area contributed by atoms with Crippen molar-refractivity contribution in [1.82, 2.24) is 9.21 Å². The highest BCUT2D eigenvalue weighted by atomic mass is 32.2. The molecule has 0 bridgehead atoms. The van der Waals surface area contributed by atoms with Crippen LogP contribution in [0.4, 0.5) is 4.39 Å². The second-order valence-electron chi connectivity index (χ2n) is 7.14. The molecule has 1 fully saturated rings. The minimum Gasteiger partial charge on any atom is -0.335 e. The molecule has 1 aliphatic heterocycles. The van der Waals surface area contributed by atoms with Crippen LogP contribution in [-0.2, 0) is 10.0 Å². The average Bonchev–Trinajstić information content (AvgIpc) is 2.73. The molecule has 0 N–H and O–H groups in total. The highest BCUT2D eigenvalue weighted by Gasteiger charge is 2.27. The van der Waals surface area contributed by atoms with Crippen LogP contribution >= 0.6 is 0 Å². The van der Waals surface area contributed by atoms with Gasteiger partial charge < -0.3 is 4.90 Å². The summed E-state index contributed by atoms with van der Waals surface area (Å²) in [5, 5.41) is 0. The van der Waals surface area contributed by atoms with Gasteiger partial charge in [0.15, 0.2) is 0 Å². The Morgan fingerprint density at radius 2 is 1.71 bits per heavy atom. The van der Waals surface area contributed by atoms with E-state index < -0.39 is 10.0 Å². The molecule has 1 unspecified atom stereocenters. The number of nitrogens with zero attached hydrogens (tertiary/aromatic N) is 2. The lowest BCUT2D eigenvalue weighted by Crippen LogP contribution is -2.35. The molecular weight excluding hydrogens is 379 g/mol. The standard InChI is InChI=1S/C21H25FN2O3S/c1-16(17-9-11-19(22)12-10-17)23(2)21(25)18-7-6-8-20(15-18)28(26,27)24-13-4-3-5-14-24/h6-12,15-16H,3-5,13-14H2,1-2H3. The molecule has 28 heavy (non-hydrogen) atoms. The summed E-state index contributed by atoms with van der Waals surface area (Å²) in [4.78, 5) is 14.6. The molecule has 5 nitrogen and oxygen atoms in total. The second kappa shape index (κ2) is 8.41. The highest BCUT2D eigenvalue weighted by Crippen LogP contribution is 2.24. The SMILES string of the molecule is CC(c1ccc(F)cc1)N(C)C(=O)c1cccc(S(=O)(=O)N2CCCCC2)c1. The number of rotatable bonds is 5. The summed E-state index contributed by atoms with van der Waals surface area (Å²) in [6.45, 7) is 2.88. The van der Waals surface area contributed by atoms with Crippen LogP contribution in [0.2, 0.25) is 0 Å². The molecule has 1 heterocycles. The summed E-state index contributed by atoms with van der Waals surface area (Å²) in [6.07, 6.45) is 2.75. The summed E-state index contributed by atoms with van der Waals surface area (Å²) < 4.78 is 40.4. The number of piperidine rings is 1. The van der Waals surface area contributed by atoms with E-state index in [9.17, 15) is 17.6 Å². The van der Waals surface area contributed by atoms with Crippen LogP contribution in [0, 0.1) is 5.82 Å². The summed E-state index contributed by atoms with van der Waals surface area (Å²) >= 11 is 0. The van der Waals surface area contributed by atoms with Crippen molar-refractivity contribution in [1.29, 1.82) is 0 Å². The molecule has 1 atom stereocenters. The lowest BCUT2D eigenvalue weighted by Gasteiger charge is -2.27. The van der Waals surface area contributed by atoms with E-state index in [1.165, 1.54) is 33.5 Å². The van der Waals surface area contributed by atoms with Crippen molar-refractivity contribution in [3.63, 3.8) is 0 Å².